The lowest BCUT2D eigenvalue weighted by Gasteiger charge is -2.23. The van der Waals surface area contributed by atoms with Crippen LogP contribution in [0.15, 0.2) is 18.2 Å². The number of ether oxygens (including phenoxy) is 1. The van der Waals surface area contributed by atoms with Gasteiger partial charge in [-0.25, -0.2) is 0 Å². The van der Waals surface area contributed by atoms with Crippen molar-refractivity contribution in [1.29, 1.82) is 0 Å². The van der Waals surface area contributed by atoms with E-state index in [-0.39, 0.29) is 12.8 Å². The molecule has 2 N–H and O–H groups in total. The molecule has 0 aliphatic heterocycles. The lowest BCUT2D eigenvalue weighted by molar-refractivity contribution is -0.138. The first kappa shape index (κ1) is 11.9. The van der Waals surface area contributed by atoms with Crippen LogP contribution in [0.3, 0.4) is 0 Å². The van der Waals surface area contributed by atoms with E-state index in [0.717, 1.165) is 17.5 Å². The van der Waals surface area contributed by atoms with Crippen LogP contribution >= 0.6 is 0 Å². The van der Waals surface area contributed by atoms with E-state index in [1.165, 1.54) is 0 Å². The number of methoxy groups -OCH3 is 1. The van der Waals surface area contributed by atoms with Crippen molar-refractivity contribution in [3.05, 3.63) is 29.3 Å². The molecule has 1 aromatic rings. The van der Waals surface area contributed by atoms with Crippen LogP contribution < -0.4 is 4.74 Å². The van der Waals surface area contributed by atoms with Crippen molar-refractivity contribution in [2.75, 3.05) is 7.11 Å². The average molecular weight is 236 g/mol. The Morgan fingerprint density at radius 3 is 2.94 bits per heavy atom. The molecule has 4 heteroatoms. The van der Waals surface area contributed by atoms with Crippen molar-refractivity contribution in [3.8, 4) is 5.75 Å². The largest absolute Gasteiger partial charge is 0.497 e. The number of carbonyl (C=O) groups is 1. The number of aliphatic hydroxyl groups is 1. The van der Waals surface area contributed by atoms with Crippen molar-refractivity contribution in [3.63, 3.8) is 0 Å². The van der Waals surface area contributed by atoms with Crippen LogP contribution in [0, 0.1) is 0 Å². The van der Waals surface area contributed by atoms with Gasteiger partial charge in [0, 0.05) is 6.42 Å². The molecular formula is C13H16O4. The Hall–Kier alpha value is -1.55. The fraction of sp³-hybridized carbons (Fsp3) is 0.462. The zero-order chi connectivity index (χ0) is 12.5. The van der Waals surface area contributed by atoms with Crippen molar-refractivity contribution in [2.24, 2.45) is 0 Å². The van der Waals surface area contributed by atoms with Crippen LogP contribution in [0.5, 0.6) is 5.75 Å². The normalized spacial score (nSPS) is 22.2. The first-order valence-electron chi connectivity index (χ1n) is 5.67. The van der Waals surface area contributed by atoms with Gasteiger partial charge in [0.1, 0.15) is 5.75 Å². The van der Waals surface area contributed by atoms with Crippen molar-refractivity contribution < 1.29 is 19.7 Å². The number of rotatable bonds is 4. The van der Waals surface area contributed by atoms with Gasteiger partial charge in [0.05, 0.1) is 12.7 Å². The standard InChI is InChI=1S/C13H16O4/c1-17-10-3-2-9-4-6-13(16,11(9)8-10)7-5-12(14)15/h2-3,8,16H,4-7H2,1H3,(H,14,15). The second-order valence-corrected chi connectivity index (χ2v) is 4.45. The summed E-state index contributed by atoms with van der Waals surface area (Å²) in [5.41, 5.74) is 0.888. The van der Waals surface area contributed by atoms with Gasteiger partial charge in [0.15, 0.2) is 0 Å². The number of hydrogen-bond acceptors (Lipinski definition) is 3. The van der Waals surface area contributed by atoms with E-state index in [1.54, 1.807) is 7.11 Å². The Labute approximate surface area is 99.8 Å². The highest BCUT2D eigenvalue weighted by Gasteiger charge is 2.37. The number of carboxylic acid groups (broad SMARTS) is 1. The maximum atomic E-state index is 10.6. The quantitative estimate of drug-likeness (QED) is 0.835. The third kappa shape index (κ3) is 2.26. The Kier molecular flexibility index (Phi) is 3.07. The molecule has 1 atom stereocenters. The SMILES string of the molecule is COc1ccc2c(c1)C(O)(CCC(=O)O)CC2. The molecule has 0 amide bonds. The van der Waals surface area contributed by atoms with Gasteiger partial charge >= 0.3 is 5.97 Å². The minimum absolute atomic E-state index is 0.0207. The van der Waals surface area contributed by atoms with Gasteiger partial charge in [-0.05, 0) is 42.5 Å². The van der Waals surface area contributed by atoms with Crippen LogP contribution in [0.2, 0.25) is 0 Å². The molecule has 0 saturated heterocycles. The molecule has 0 saturated carbocycles. The van der Waals surface area contributed by atoms with E-state index in [1.807, 2.05) is 18.2 Å². The summed E-state index contributed by atoms with van der Waals surface area (Å²) in [7, 11) is 1.58. The summed E-state index contributed by atoms with van der Waals surface area (Å²) >= 11 is 0. The highest BCUT2D eigenvalue weighted by atomic mass is 16.5. The zero-order valence-electron chi connectivity index (χ0n) is 9.77. The van der Waals surface area contributed by atoms with Crippen LogP contribution in [0.1, 0.15) is 30.4 Å². The number of carboxylic acids is 1. The van der Waals surface area contributed by atoms with Gasteiger partial charge in [-0.15, -0.1) is 0 Å². The lowest BCUT2D eigenvalue weighted by Crippen LogP contribution is -2.23. The maximum Gasteiger partial charge on any atom is 0.303 e. The highest BCUT2D eigenvalue weighted by Crippen LogP contribution is 2.41. The molecule has 1 unspecified atom stereocenters. The van der Waals surface area contributed by atoms with Crippen molar-refractivity contribution in [2.45, 2.75) is 31.3 Å². The summed E-state index contributed by atoms with van der Waals surface area (Å²) in [6.45, 7) is 0. The molecule has 0 spiro atoms. The molecule has 1 aromatic carbocycles. The number of aryl methyl sites for hydroxylation is 1. The maximum absolute atomic E-state index is 10.6. The predicted octanol–water partition coefficient (Wildman–Crippen LogP) is 1.69. The topological polar surface area (TPSA) is 66.8 Å². The second kappa shape index (κ2) is 4.37. The highest BCUT2D eigenvalue weighted by molar-refractivity contribution is 5.67. The molecule has 0 aromatic heterocycles. The smallest absolute Gasteiger partial charge is 0.303 e. The Morgan fingerprint density at radius 1 is 1.53 bits per heavy atom. The molecule has 92 valence electrons. The summed E-state index contributed by atoms with van der Waals surface area (Å²) < 4.78 is 5.13. The second-order valence-electron chi connectivity index (χ2n) is 4.45. The number of benzene rings is 1. The monoisotopic (exact) mass is 236 g/mol. The van der Waals surface area contributed by atoms with E-state index in [2.05, 4.69) is 0 Å². The van der Waals surface area contributed by atoms with Gasteiger partial charge < -0.3 is 14.9 Å². The molecule has 1 aliphatic carbocycles. The first-order valence-corrected chi connectivity index (χ1v) is 5.67. The van der Waals surface area contributed by atoms with Gasteiger partial charge in [0.2, 0.25) is 0 Å². The molecule has 0 bridgehead atoms. The Morgan fingerprint density at radius 2 is 2.29 bits per heavy atom. The summed E-state index contributed by atoms with van der Waals surface area (Å²) in [4.78, 5) is 10.6. The number of aliphatic carboxylic acids is 1. The minimum Gasteiger partial charge on any atom is -0.497 e. The van der Waals surface area contributed by atoms with Gasteiger partial charge in [-0.2, -0.15) is 0 Å². The van der Waals surface area contributed by atoms with Gasteiger partial charge in [-0.3, -0.25) is 4.79 Å². The van der Waals surface area contributed by atoms with Crippen LogP contribution in [0.25, 0.3) is 0 Å². The van der Waals surface area contributed by atoms with Gasteiger partial charge in [-0.1, -0.05) is 6.07 Å². The average Bonchev–Trinajstić information content (AvgIpc) is 2.65. The Bertz CT molecular complexity index is 441. The first-order chi connectivity index (χ1) is 8.05. The third-order valence-corrected chi connectivity index (χ3v) is 3.38. The predicted molar refractivity (Wildman–Crippen MR) is 62.1 cm³/mol. The fourth-order valence-electron chi connectivity index (χ4n) is 2.38. The van der Waals surface area contributed by atoms with Crippen LogP contribution in [0.4, 0.5) is 0 Å². The zero-order valence-corrected chi connectivity index (χ0v) is 9.77. The molecule has 0 heterocycles. The molecule has 0 fully saturated rings. The molecular weight excluding hydrogens is 220 g/mol. The van der Waals surface area contributed by atoms with E-state index < -0.39 is 11.6 Å². The summed E-state index contributed by atoms with van der Waals surface area (Å²) in [5, 5.41) is 19.2. The fourth-order valence-corrected chi connectivity index (χ4v) is 2.38. The molecule has 1 aliphatic rings. The number of fused-ring (bicyclic) bond motifs is 1. The van der Waals surface area contributed by atoms with Crippen molar-refractivity contribution >= 4 is 5.97 Å². The molecule has 2 rings (SSSR count). The van der Waals surface area contributed by atoms with E-state index in [9.17, 15) is 9.90 Å². The van der Waals surface area contributed by atoms with Gasteiger partial charge in [0.25, 0.3) is 0 Å². The van der Waals surface area contributed by atoms with Crippen molar-refractivity contribution in [1.82, 2.24) is 0 Å². The number of hydrogen-bond donors (Lipinski definition) is 2. The molecule has 17 heavy (non-hydrogen) atoms. The summed E-state index contributed by atoms with van der Waals surface area (Å²) in [5.74, 6) is -0.186. The third-order valence-electron chi connectivity index (χ3n) is 3.38. The lowest BCUT2D eigenvalue weighted by atomic mass is 9.91. The van der Waals surface area contributed by atoms with E-state index >= 15 is 0 Å². The molecule has 0 radical (unpaired) electrons. The summed E-state index contributed by atoms with van der Waals surface area (Å²) in [6, 6.07) is 5.61. The minimum atomic E-state index is -1.01. The van der Waals surface area contributed by atoms with Crippen LogP contribution in [-0.4, -0.2) is 23.3 Å². The van der Waals surface area contributed by atoms with E-state index in [4.69, 9.17) is 9.84 Å². The van der Waals surface area contributed by atoms with E-state index in [0.29, 0.717) is 12.2 Å². The molecule has 4 nitrogen and oxygen atoms in total. The van der Waals surface area contributed by atoms with Crippen LogP contribution in [-0.2, 0) is 16.8 Å². The Balaban J connectivity index is 2.27. The summed E-state index contributed by atoms with van der Waals surface area (Å²) in [6.07, 6.45) is 1.61.